The van der Waals surface area contributed by atoms with Crippen LogP contribution in [0, 0.1) is 0 Å². The number of anilines is 1. The van der Waals surface area contributed by atoms with Crippen LogP contribution in [0.15, 0.2) is 54.6 Å². The van der Waals surface area contributed by atoms with Gasteiger partial charge in [0, 0.05) is 44.2 Å². The van der Waals surface area contributed by atoms with Crippen LogP contribution in [0.5, 0.6) is 0 Å². The van der Waals surface area contributed by atoms with Crippen LogP contribution in [0.1, 0.15) is 34.3 Å². The van der Waals surface area contributed by atoms with Crippen LogP contribution >= 0.6 is 0 Å². The lowest BCUT2D eigenvalue weighted by Gasteiger charge is -2.46. The molecule has 2 aromatic rings. The Kier molecular flexibility index (Phi) is 4.88. The fourth-order valence-corrected chi connectivity index (χ4v) is 3.89. The molecule has 1 fully saturated rings. The molecule has 0 unspecified atom stereocenters. The number of likely N-dealkylation sites (tertiary alicyclic amines) is 1. The molecule has 2 aliphatic heterocycles. The molecule has 0 saturated carbocycles. The largest absolute Gasteiger partial charge is 0.478 e. The molecule has 4 rings (SSSR count). The van der Waals surface area contributed by atoms with Crippen LogP contribution in [0.3, 0.4) is 0 Å². The van der Waals surface area contributed by atoms with E-state index in [9.17, 15) is 9.59 Å². The Balaban J connectivity index is 1.44. The molecule has 0 radical (unpaired) electrons. The first-order valence-corrected chi connectivity index (χ1v) is 9.45. The molecule has 6 nitrogen and oxygen atoms in total. The van der Waals surface area contributed by atoms with Crippen LogP contribution in [-0.4, -0.2) is 40.6 Å². The predicted octanol–water partition coefficient (Wildman–Crippen LogP) is 2.93. The molecule has 2 heterocycles. The van der Waals surface area contributed by atoms with E-state index >= 15 is 0 Å². The first-order valence-electron chi connectivity index (χ1n) is 9.45. The van der Waals surface area contributed by atoms with E-state index in [-0.39, 0.29) is 5.91 Å². The van der Waals surface area contributed by atoms with Crippen molar-refractivity contribution in [2.75, 3.05) is 18.4 Å². The van der Waals surface area contributed by atoms with E-state index in [0.717, 1.165) is 44.2 Å². The van der Waals surface area contributed by atoms with Gasteiger partial charge in [-0.3, -0.25) is 9.69 Å². The number of benzene rings is 2. The molecule has 2 aliphatic rings. The number of piperidine rings is 1. The van der Waals surface area contributed by atoms with Gasteiger partial charge in [0.2, 0.25) is 0 Å². The molecule has 1 saturated heterocycles. The SMILES string of the molecule is O=C(O)/C=C/c1ccc2c(c1)C(=O)NC1(CCN(Cc3ccccc3)CC1)N2. The quantitative estimate of drug-likeness (QED) is 0.714. The van der Waals surface area contributed by atoms with Gasteiger partial charge in [0.1, 0.15) is 5.66 Å². The number of carbonyl (C=O) groups is 2. The highest BCUT2D eigenvalue weighted by atomic mass is 16.4. The van der Waals surface area contributed by atoms with Crippen LogP contribution in [-0.2, 0) is 11.3 Å². The minimum absolute atomic E-state index is 0.115. The van der Waals surface area contributed by atoms with E-state index in [4.69, 9.17) is 5.11 Å². The standard InChI is InChI=1S/C22H23N3O3/c26-20(27)9-7-16-6-8-19-18(14-16)21(28)24-22(23-19)10-12-25(13-11-22)15-17-4-2-1-3-5-17/h1-9,14,23H,10-13,15H2,(H,24,28)(H,26,27)/b9-7+. The summed E-state index contributed by atoms with van der Waals surface area (Å²) in [5.41, 5.74) is 2.91. The van der Waals surface area contributed by atoms with E-state index in [1.54, 1.807) is 6.07 Å². The van der Waals surface area contributed by atoms with Crippen molar-refractivity contribution in [2.24, 2.45) is 0 Å². The summed E-state index contributed by atoms with van der Waals surface area (Å²) < 4.78 is 0. The van der Waals surface area contributed by atoms with Crippen LogP contribution in [0.25, 0.3) is 6.08 Å². The molecule has 0 atom stereocenters. The Hall–Kier alpha value is -3.12. The van der Waals surface area contributed by atoms with Gasteiger partial charge in [0.05, 0.1) is 5.56 Å². The average molecular weight is 377 g/mol. The average Bonchev–Trinajstić information content (AvgIpc) is 2.69. The van der Waals surface area contributed by atoms with Gasteiger partial charge in [-0.1, -0.05) is 36.4 Å². The molecular formula is C22H23N3O3. The smallest absolute Gasteiger partial charge is 0.328 e. The third-order valence-electron chi connectivity index (χ3n) is 5.39. The second-order valence-corrected chi connectivity index (χ2v) is 7.40. The fourth-order valence-electron chi connectivity index (χ4n) is 3.89. The number of aliphatic carboxylic acids is 1. The van der Waals surface area contributed by atoms with Crippen molar-refractivity contribution in [1.82, 2.24) is 10.2 Å². The summed E-state index contributed by atoms with van der Waals surface area (Å²) in [6.45, 7) is 2.72. The zero-order valence-electron chi connectivity index (χ0n) is 15.5. The van der Waals surface area contributed by atoms with Crippen molar-refractivity contribution in [3.63, 3.8) is 0 Å². The maximum atomic E-state index is 12.7. The summed E-state index contributed by atoms with van der Waals surface area (Å²) >= 11 is 0. The minimum atomic E-state index is -1.01. The lowest BCUT2D eigenvalue weighted by atomic mass is 9.91. The number of carboxylic acid groups (broad SMARTS) is 1. The number of carbonyl (C=O) groups excluding carboxylic acids is 1. The molecule has 144 valence electrons. The summed E-state index contributed by atoms with van der Waals surface area (Å²) in [5, 5.41) is 15.4. The van der Waals surface area contributed by atoms with Gasteiger partial charge in [0.25, 0.3) is 5.91 Å². The Morgan fingerprint density at radius 3 is 2.57 bits per heavy atom. The Morgan fingerprint density at radius 2 is 1.86 bits per heavy atom. The normalized spacial score (nSPS) is 18.5. The van der Waals surface area contributed by atoms with Gasteiger partial charge in [-0.15, -0.1) is 0 Å². The lowest BCUT2D eigenvalue weighted by molar-refractivity contribution is -0.131. The number of hydrogen-bond donors (Lipinski definition) is 3. The highest BCUT2D eigenvalue weighted by Gasteiger charge is 2.40. The Labute approximate surface area is 163 Å². The maximum Gasteiger partial charge on any atom is 0.328 e. The second kappa shape index (κ2) is 7.48. The van der Waals surface area contributed by atoms with Crippen molar-refractivity contribution in [1.29, 1.82) is 0 Å². The van der Waals surface area contributed by atoms with Gasteiger partial charge >= 0.3 is 5.97 Å². The summed E-state index contributed by atoms with van der Waals surface area (Å²) in [7, 11) is 0. The number of fused-ring (bicyclic) bond motifs is 1. The third kappa shape index (κ3) is 3.92. The predicted molar refractivity (Wildman–Crippen MR) is 108 cm³/mol. The van der Waals surface area contributed by atoms with E-state index in [2.05, 4.69) is 39.8 Å². The Morgan fingerprint density at radius 1 is 1.11 bits per heavy atom. The number of rotatable bonds is 4. The third-order valence-corrected chi connectivity index (χ3v) is 5.39. The molecule has 0 bridgehead atoms. The Bertz CT molecular complexity index is 916. The summed E-state index contributed by atoms with van der Waals surface area (Å²) in [6, 6.07) is 15.8. The molecule has 28 heavy (non-hydrogen) atoms. The van der Waals surface area contributed by atoms with Gasteiger partial charge in [-0.05, 0) is 29.3 Å². The number of amides is 1. The fraction of sp³-hybridized carbons (Fsp3) is 0.273. The number of nitrogens with zero attached hydrogens (tertiary/aromatic N) is 1. The molecule has 0 aliphatic carbocycles. The van der Waals surface area contributed by atoms with E-state index < -0.39 is 11.6 Å². The molecule has 3 N–H and O–H groups in total. The number of carboxylic acids is 1. The van der Waals surface area contributed by atoms with E-state index in [1.165, 1.54) is 11.6 Å². The van der Waals surface area contributed by atoms with Gasteiger partial charge < -0.3 is 15.7 Å². The van der Waals surface area contributed by atoms with Gasteiger partial charge in [0.15, 0.2) is 0 Å². The monoisotopic (exact) mass is 377 g/mol. The van der Waals surface area contributed by atoms with Crippen molar-refractivity contribution in [2.45, 2.75) is 25.0 Å². The van der Waals surface area contributed by atoms with Crippen LogP contribution in [0.2, 0.25) is 0 Å². The zero-order chi connectivity index (χ0) is 19.6. The van der Waals surface area contributed by atoms with Crippen molar-refractivity contribution >= 4 is 23.6 Å². The highest BCUT2D eigenvalue weighted by molar-refractivity contribution is 6.03. The molecule has 1 amide bonds. The minimum Gasteiger partial charge on any atom is -0.478 e. The van der Waals surface area contributed by atoms with Crippen molar-refractivity contribution in [3.05, 3.63) is 71.3 Å². The molecule has 2 aromatic carbocycles. The molecule has 0 aromatic heterocycles. The topological polar surface area (TPSA) is 81.7 Å². The van der Waals surface area contributed by atoms with Gasteiger partial charge in [-0.25, -0.2) is 4.79 Å². The van der Waals surface area contributed by atoms with Crippen molar-refractivity contribution < 1.29 is 14.7 Å². The van der Waals surface area contributed by atoms with Crippen LogP contribution in [0.4, 0.5) is 5.69 Å². The number of hydrogen-bond acceptors (Lipinski definition) is 4. The molecular weight excluding hydrogens is 354 g/mol. The second-order valence-electron chi connectivity index (χ2n) is 7.40. The van der Waals surface area contributed by atoms with E-state index in [1.807, 2.05) is 18.2 Å². The first kappa shape index (κ1) is 18.3. The first-order chi connectivity index (χ1) is 13.5. The van der Waals surface area contributed by atoms with Crippen LogP contribution < -0.4 is 10.6 Å². The highest BCUT2D eigenvalue weighted by Crippen LogP contribution is 2.32. The molecule has 6 heteroatoms. The van der Waals surface area contributed by atoms with Gasteiger partial charge in [-0.2, -0.15) is 0 Å². The van der Waals surface area contributed by atoms with E-state index in [0.29, 0.717) is 11.1 Å². The summed E-state index contributed by atoms with van der Waals surface area (Å²) in [4.78, 5) is 25.8. The van der Waals surface area contributed by atoms with Crippen molar-refractivity contribution in [3.8, 4) is 0 Å². The molecule has 1 spiro atoms. The lowest BCUT2D eigenvalue weighted by Crippen LogP contribution is -2.62. The zero-order valence-corrected chi connectivity index (χ0v) is 15.5. The summed E-state index contributed by atoms with van der Waals surface area (Å²) in [5.74, 6) is -1.13. The summed E-state index contributed by atoms with van der Waals surface area (Å²) in [6.07, 6.45) is 4.21. The number of nitrogens with one attached hydrogen (secondary N) is 2. The maximum absolute atomic E-state index is 12.7.